The molecule has 9 nitrogen and oxygen atoms in total. The van der Waals surface area contributed by atoms with Crippen molar-refractivity contribution in [3.05, 3.63) is 29.8 Å². The second-order valence-corrected chi connectivity index (χ2v) is 9.81. The molecule has 1 aromatic rings. The summed E-state index contributed by atoms with van der Waals surface area (Å²) in [5.41, 5.74) is 1.16. The first kappa shape index (κ1) is 35.4. The van der Waals surface area contributed by atoms with E-state index in [-0.39, 0.29) is 5.60 Å². The molecule has 15 heteroatoms. The van der Waals surface area contributed by atoms with Crippen molar-refractivity contribution in [2.45, 2.75) is 50.8 Å². The van der Waals surface area contributed by atoms with E-state index in [1.54, 1.807) is 7.11 Å². The number of carbonyl (C=O) groups is 2. The fraction of sp³-hybridized carbons (Fsp3) is 0.680. The second-order valence-electron chi connectivity index (χ2n) is 9.81. The third-order valence-corrected chi connectivity index (χ3v) is 6.19. The SMILES string of the molecule is COc1ccc(CN2CCOCC3(CC(CN(C)C(C)C)CO3)C2)cc1.O=C(O)C(F)(F)F.O=C(O)C(F)(F)F. The lowest BCUT2D eigenvalue weighted by molar-refractivity contribution is -0.193. The van der Waals surface area contributed by atoms with Crippen LogP contribution in [0.3, 0.4) is 0 Å². The van der Waals surface area contributed by atoms with E-state index in [4.69, 9.17) is 34.0 Å². The lowest BCUT2D eigenvalue weighted by atomic mass is 9.93. The molecule has 2 atom stereocenters. The molecule has 0 radical (unpaired) electrons. The largest absolute Gasteiger partial charge is 0.497 e. The first-order valence-corrected chi connectivity index (χ1v) is 12.3. The van der Waals surface area contributed by atoms with Gasteiger partial charge in [-0.3, -0.25) is 4.90 Å². The number of halogens is 6. The zero-order valence-corrected chi connectivity index (χ0v) is 22.7. The minimum absolute atomic E-state index is 0.147. The van der Waals surface area contributed by atoms with E-state index in [0.29, 0.717) is 18.6 Å². The molecule has 40 heavy (non-hydrogen) atoms. The number of rotatable bonds is 6. The van der Waals surface area contributed by atoms with E-state index in [9.17, 15) is 26.3 Å². The molecule has 1 spiro atoms. The molecule has 3 rings (SSSR count). The molecule has 0 amide bonds. The van der Waals surface area contributed by atoms with Gasteiger partial charge in [0.1, 0.15) is 11.4 Å². The van der Waals surface area contributed by atoms with Gasteiger partial charge in [-0.25, -0.2) is 9.59 Å². The second kappa shape index (κ2) is 15.4. The molecule has 2 aliphatic rings. The van der Waals surface area contributed by atoms with Gasteiger partial charge in [-0.15, -0.1) is 0 Å². The van der Waals surface area contributed by atoms with Gasteiger partial charge in [0.25, 0.3) is 0 Å². The van der Waals surface area contributed by atoms with Crippen molar-refractivity contribution in [2.24, 2.45) is 5.92 Å². The number of carboxylic acid groups (broad SMARTS) is 2. The zero-order valence-electron chi connectivity index (χ0n) is 22.7. The van der Waals surface area contributed by atoms with E-state index >= 15 is 0 Å². The summed E-state index contributed by atoms with van der Waals surface area (Å²) < 4.78 is 81.0. The predicted molar refractivity (Wildman–Crippen MR) is 131 cm³/mol. The van der Waals surface area contributed by atoms with Gasteiger partial charge >= 0.3 is 24.3 Å². The van der Waals surface area contributed by atoms with Gasteiger partial charge in [0, 0.05) is 32.2 Å². The van der Waals surface area contributed by atoms with Gasteiger partial charge in [0.2, 0.25) is 0 Å². The zero-order chi connectivity index (χ0) is 30.7. The van der Waals surface area contributed by atoms with Crippen molar-refractivity contribution in [2.75, 3.05) is 53.6 Å². The molecule has 2 N–H and O–H groups in total. The number of alkyl halides is 6. The number of nitrogens with zero attached hydrogens (tertiary/aromatic N) is 2. The van der Waals surface area contributed by atoms with Gasteiger partial charge in [-0.1, -0.05) is 12.1 Å². The maximum absolute atomic E-state index is 10.6. The average Bonchev–Trinajstić information content (AvgIpc) is 3.12. The van der Waals surface area contributed by atoms with Crippen molar-refractivity contribution in [1.29, 1.82) is 0 Å². The summed E-state index contributed by atoms with van der Waals surface area (Å²) in [6.07, 6.45) is -9.08. The molecular weight excluding hydrogens is 554 g/mol. The van der Waals surface area contributed by atoms with Gasteiger partial charge in [-0.2, -0.15) is 26.3 Å². The summed E-state index contributed by atoms with van der Waals surface area (Å²) in [5.74, 6) is -4.02. The molecule has 1 aromatic carbocycles. The van der Waals surface area contributed by atoms with Crippen LogP contribution >= 0.6 is 0 Å². The molecule has 2 unspecified atom stereocenters. The lowest BCUT2D eigenvalue weighted by Gasteiger charge is -2.31. The van der Waals surface area contributed by atoms with Crippen molar-refractivity contribution in [3.63, 3.8) is 0 Å². The van der Waals surface area contributed by atoms with Gasteiger partial charge < -0.3 is 29.3 Å². The number of hydrogen-bond acceptors (Lipinski definition) is 7. The van der Waals surface area contributed by atoms with E-state index in [1.807, 2.05) is 12.1 Å². The molecule has 2 fully saturated rings. The number of methoxy groups -OCH3 is 1. The minimum atomic E-state index is -5.08. The van der Waals surface area contributed by atoms with Crippen LogP contribution in [0.5, 0.6) is 5.75 Å². The normalized spacial score (nSPS) is 21.8. The van der Waals surface area contributed by atoms with Crippen LogP contribution in [-0.2, 0) is 25.6 Å². The Morgan fingerprint density at radius 2 is 1.62 bits per heavy atom. The van der Waals surface area contributed by atoms with Crippen LogP contribution < -0.4 is 4.74 Å². The fourth-order valence-corrected chi connectivity index (χ4v) is 3.99. The van der Waals surface area contributed by atoms with Gasteiger partial charge in [-0.05, 0) is 50.9 Å². The molecule has 230 valence electrons. The smallest absolute Gasteiger partial charge is 0.490 e. The van der Waals surface area contributed by atoms with E-state index in [0.717, 1.165) is 51.6 Å². The number of carboxylic acids is 2. The Labute approximate surface area is 228 Å². The maximum Gasteiger partial charge on any atom is 0.490 e. The van der Waals surface area contributed by atoms with E-state index in [2.05, 4.69) is 42.8 Å². The van der Waals surface area contributed by atoms with Crippen LogP contribution in [0.15, 0.2) is 24.3 Å². The minimum Gasteiger partial charge on any atom is -0.497 e. The van der Waals surface area contributed by atoms with Crippen molar-refractivity contribution in [1.82, 2.24) is 9.80 Å². The summed E-state index contributed by atoms with van der Waals surface area (Å²) in [5, 5.41) is 14.2. The molecular formula is C25H36F6N2O7. The third kappa shape index (κ3) is 12.7. The standard InChI is InChI=1S/C21H34N2O3.2C2HF3O2/c1-17(2)22(3)12-19-11-21(26-14-19)15-23(9-10-25-16-21)13-18-5-7-20(24-4)8-6-18;2*3-2(4,5)1(6)7/h5-8,17,19H,9-16H2,1-4H3;2*(H,6,7). The van der Waals surface area contributed by atoms with Gasteiger partial charge in [0.05, 0.1) is 26.9 Å². The summed E-state index contributed by atoms with van der Waals surface area (Å²) in [7, 11) is 3.91. The quantitative estimate of drug-likeness (QED) is 0.477. The summed E-state index contributed by atoms with van der Waals surface area (Å²) >= 11 is 0. The van der Waals surface area contributed by atoms with Crippen molar-refractivity contribution in [3.8, 4) is 5.75 Å². The molecule has 0 aromatic heterocycles. The maximum atomic E-state index is 10.6. The number of benzene rings is 1. The summed E-state index contributed by atoms with van der Waals surface area (Å²) in [4.78, 5) is 22.7. The Kier molecular flexibility index (Phi) is 13.6. The highest BCUT2D eigenvalue weighted by Gasteiger charge is 2.43. The highest BCUT2D eigenvalue weighted by atomic mass is 19.4. The summed E-state index contributed by atoms with van der Waals surface area (Å²) in [6.45, 7) is 10.7. The van der Waals surface area contributed by atoms with Crippen LogP contribution in [-0.4, -0.2) is 110 Å². The molecule has 0 aliphatic carbocycles. The van der Waals surface area contributed by atoms with E-state index in [1.165, 1.54) is 5.56 Å². The molecule has 2 saturated heterocycles. The van der Waals surface area contributed by atoms with Crippen molar-refractivity contribution < 1.29 is 60.4 Å². The molecule has 2 heterocycles. The monoisotopic (exact) mass is 590 g/mol. The molecule has 2 aliphatic heterocycles. The van der Waals surface area contributed by atoms with Crippen LogP contribution in [0.1, 0.15) is 25.8 Å². The Hall–Kier alpha value is -2.62. The first-order valence-electron chi connectivity index (χ1n) is 12.3. The van der Waals surface area contributed by atoms with Crippen LogP contribution in [0, 0.1) is 5.92 Å². The third-order valence-electron chi connectivity index (χ3n) is 6.19. The first-order chi connectivity index (χ1) is 18.4. The topological polar surface area (TPSA) is 109 Å². The Morgan fingerprint density at radius 1 is 1.10 bits per heavy atom. The highest BCUT2D eigenvalue weighted by Crippen LogP contribution is 2.33. The molecule has 0 saturated carbocycles. The summed E-state index contributed by atoms with van der Waals surface area (Å²) in [6, 6.07) is 8.93. The fourth-order valence-electron chi connectivity index (χ4n) is 3.99. The van der Waals surface area contributed by atoms with Crippen molar-refractivity contribution >= 4 is 11.9 Å². The predicted octanol–water partition coefficient (Wildman–Crippen LogP) is 3.91. The van der Waals surface area contributed by atoms with Gasteiger partial charge in [0.15, 0.2) is 0 Å². The Balaban J connectivity index is 0.000000473. The molecule has 0 bridgehead atoms. The van der Waals surface area contributed by atoms with Crippen LogP contribution in [0.4, 0.5) is 26.3 Å². The number of ether oxygens (including phenoxy) is 3. The average molecular weight is 591 g/mol. The number of aliphatic carboxylic acids is 2. The lowest BCUT2D eigenvalue weighted by Crippen LogP contribution is -2.44. The Bertz CT molecular complexity index is 904. The van der Waals surface area contributed by atoms with Crippen LogP contribution in [0.25, 0.3) is 0 Å². The highest BCUT2D eigenvalue weighted by molar-refractivity contribution is 5.73. The van der Waals surface area contributed by atoms with Crippen LogP contribution in [0.2, 0.25) is 0 Å². The Morgan fingerprint density at radius 3 is 2.08 bits per heavy atom. The number of hydrogen-bond donors (Lipinski definition) is 2. The van der Waals surface area contributed by atoms with E-state index < -0.39 is 24.3 Å².